The predicted octanol–water partition coefficient (Wildman–Crippen LogP) is 2.13. The Kier molecular flexibility index (Phi) is 2.57. The summed E-state index contributed by atoms with van der Waals surface area (Å²) in [6.07, 6.45) is 1.31. The number of halogens is 2. The first-order valence-corrected chi connectivity index (χ1v) is 5.60. The maximum Gasteiger partial charge on any atom is 0.167 e. The van der Waals surface area contributed by atoms with Crippen LogP contribution in [0.2, 0.25) is 0 Å². The van der Waals surface area contributed by atoms with Gasteiger partial charge in [-0.1, -0.05) is 0 Å². The number of hydrogen-bond acceptors (Lipinski definition) is 4. The molecule has 2 aromatic heterocycles. The van der Waals surface area contributed by atoms with E-state index in [-0.39, 0.29) is 22.6 Å². The summed E-state index contributed by atoms with van der Waals surface area (Å²) >= 11 is 0. The summed E-state index contributed by atoms with van der Waals surface area (Å²) in [5, 5.41) is 12.9. The highest BCUT2D eigenvalue weighted by molar-refractivity contribution is 5.68. The SMILES string of the molecule is N#Cc1ncn2nc(-c3c(F)ccc(N)c3F)ccc12. The van der Waals surface area contributed by atoms with Crippen LogP contribution in [0.3, 0.4) is 0 Å². The Balaban J connectivity index is 2.26. The highest BCUT2D eigenvalue weighted by Crippen LogP contribution is 2.28. The van der Waals surface area contributed by atoms with Crippen molar-refractivity contribution in [1.29, 1.82) is 5.26 Å². The molecule has 5 nitrogen and oxygen atoms in total. The van der Waals surface area contributed by atoms with Gasteiger partial charge in [0.25, 0.3) is 0 Å². The van der Waals surface area contributed by atoms with Crippen LogP contribution in [0, 0.1) is 23.0 Å². The minimum absolute atomic E-state index is 0.0710. The molecule has 0 amide bonds. The third-order valence-electron chi connectivity index (χ3n) is 2.88. The van der Waals surface area contributed by atoms with Crippen LogP contribution in [0.4, 0.5) is 14.5 Å². The summed E-state index contributed by atoms with van der Waals surface area (Å²) in [6.45, 7) is 0. The Labute approximate surface area is 111 Å². The third kappa shape index (κ3) is 1.66. The molecule has 0 fully saturated rings. The van der Waals surface area contributed by atoms with Crippen molar-refractivity contribution in [2.75, 3.05) is 5.73 Å². The first kappa shape index (κ1) is 12.0. The lowest BCUT2D eigenvalue weighted by Crippen LogP contribution is -2.00. The van der Waals surface area contributed by atoms with Crippen LogP contribution in [0.15, 0.2) is 30.6 Å². The summed E-state index contributed by atoms with van der Waals surface area (Å²) in [4.78, 5) is 3.84. The molecule has 3 aromatic rings. The fourth-order valence-electron chi connectivity index (χ4n) is 1.91. The summed E-state index contributed by atoms with van der Waals surface area (Å²) in [6, 6.07) is 7.07. The standard InChI is InChI=1S/C13H7F2N5/c14-7-1-2-8(17)13(15)12(7)9-3-4-11-10(5-16)18-6-20(11)19-9/h1-4,6H,17H2. The molecule has 0 bridgehead atoms. The average molecular weight is 271 g/mol. The fraction of sp³-hybridized carbons (Fsp3) is 0. The summed E-state index contributed by atoms with van der Waals surface area (Å²) in [5.74, 6) is -1.62. The van der Waals surface area contributed by atoms with Crippen LogP contribution in [-0.2, 0) is 0 Å². The normalized spacial score (nSPS) is 10.7. The van der Waals surface area contributed by atoms with Gasteiger partial charge in [0.15, 0.2) is 11.5 Å². The lowest BCUT2D eigenvalue weighted by molar-refractivity contribution is 0.591. The quantitative estimate of drug-likeness (QED) is 0.687. The minimum atomic E-state index is -0.863. The van der Waals surface area contributed by atoms with Crippen LogP contribution >= 0.6 is 0 Å². The van der Waals surface area contributed by atoms with E-state index in [1.165, 1.54) is 23.0 Å². The zero-order valence-corrected chi connectivity index (χ0v) is 10.0. The van der Waals surface area contributed by atoms with Gasteiger partial charge in [-0.25, -0.2) is 18.3 Å². The number of hydrogen-bond donors (Lipinski definition) is 1. The summed E-state index contributed by atoms with van der Waals surface area (Å²) in [5.41, 5.74) is 5.69. The molecule has 0 radical (unpaired) electrons. The van der Waals surface area contributed by atoms with E-state index in [1.807, 2.05) is 6.07 Å². The molecule has 0 aliphatic heterocycles. The van der Waals surface area contributed by atoms with E-state index in [1.54, 1.807) is 0 Å². The molecule has 0 spiro atoms. The van der Waals surface area contributed by atoms with Crippen molar-refractivity contribution in [2.45, 2.75) is 0 Å². The van der Waals surface area contributed by atoms with Crippen molar-refractivity contribution in [3.8, 4) is 17.3 Å². The Morgan fingerprint density at radius 2 is 2.00 bits per heavy atom. The van der Waals surface area contributed by atoms with Gasteiger partial charge in [-0.15, -0.1) is 0 Å². The van der Waals surface area contributed by atoms with Crippen LogP contribution in [0.25, 0.3) is 16.8 Å². The number of anilines is 1. The number of nitrogen functional groups attached to an aromatic ring is 1. The second kappa shape index (κ2) is 4.28. The molecule has 0 atom stereocenters. The summed E-state index contributed by atoms with van der Waals surface area (Å²) < 4.78 is 29.0. The topological polar surface area (TPSA) is 80.0 Å². The molecule has 98 valence electrons. The van der Waals surface area contributed by atoms with Crippen molar-refractivity contribution in [1.82, 2.24) is 14.6 Å². The van der Waals surface area contributed by atoms with E-state index in [0.29, 0.717) is 5.52 Å². The van der Waals surface area contributed by atoms with Gasteiger partial charge in [-0.3, -0.25) is 0 Å². The van der Waals surface area contributed by atoms with Crippen molar-refractivity contribution in [3.05, 3.63) is 47.9 Å². The lowest BCUT2D eigenvalue weighted by Gasteiger charge is -2.06. The maximum absolute atomic E-state index is 13.9. The number of fused-ring (bicyclic) bond motifs is 1. The zero-order valence-electron chi connectivity index (χ0n) is 10.0. The van der Waals surface area contributed by atoms with Gasteiger partial charge in [0.05, 0.1) is 16.9 Å². The lowest BCUT2D eigenvalue weighted by atomic mass is 10.1. The highest BCUT2D eigenvalue weighted by Gasteiger charge is 2.16. The Hall–Kier alpha value is -3.01. The molecule has 3 rings (SSSR count). The minimum Gasteiger partial charge on any atom is -0.396 e. The molecule has 0 aliphatic carbocycles. The molecule has 0 aliphatic rings. The van der Waals surface area contributed by atoms with Gasteiger partial charge in [0.1, 0.15) is 23.7 Å². The second-order valence-corrected chi connectivity index (χ2v) is 4.08. The van der Waals surface area contributed by atoms with E-state index in [9.17, 15) is 8.78 Å². The van der Waals surface area contributed by atoms with Crippen molar-refractivity contribution < 1.29 is 8.78 Å². The van der Waals surface area contributed by atoms with Crippen molar-refractivity contribution in [2.24, 2.45) is 0 Å². The van der Waals surface area contributed by atoms with Crippen LogP contribution in [0.5, 0.6) is 0 Å². The van der Waals surface area contributed by atoms with E-state index < -0.39 is 11.6 Å². The third-order valence-corrected chi connectivity index (χ3v) is 2.88. The fourth-order valence-corrected chi connectivity index (χ4v) is 1.91. The van der Waals surface area contributed by atoms with Gasteiger partial charge >= 0.3 is 0 Å². The summed E-state index contributed by atoms with van der Waals surface area (Å²) in [7, 11) is 0. The molecular weight excluding hydrogens is 264 g/mol. The number of imidazole rings is 1. The van der Waals surface area contributed by atoms with Gasteiger partial charge in [-0.05, 0) is 24.3 Å². The first-order chi connectivity index (χ1) is 9.61. The number of aromatic nitrogens is 3. The number of rotatable bonds is 1. The van der Waals surface area contributed by atoms with Crippen LogP contribution in [-0.4, -0.2) is 14.6 Å². The molecule has 0 saturated heterocycles. The molecule has 1 aromatic carbocycles. The largest absolute Gasteiger partial charge is 0.396 e. The molecule has 2 heterocycles. The van der Waals surface area contributed by atoms with Crippen molar-refractivity contribution in [3.63, 3.8) is 0 Å². The van der Waals surface area contributed by atoms with Crippen molar-refractivity contribution >= 4 is 11.2 Å². The van der Waals surface area contributed by atoms with Gasteiger partial charge in [0.2, 0.25) is 0 Å². The molecule has 20 heavy (non-hydrogen) atoms. The van der Waals surface area contributed by atoms with E-state index in [0.717, 1.165) is 12.1 Å². The van der Waals surface area contributed by atoms with Gasteiger partial charge in [-0.2, -0.15) is 10.4 Å². The first-order valence-electron chi connectivity index (χ1n) is 5.60. The van der Waals surface area contributed by atoms with Crippen LogP contribution < -0.4 is 5.73 Å². The van der Waals surface area contributed by atoms with Gasteiger partial charge < -0.3 is 5.73 Å². The molecule has 0 unspecified atom stereocenters. The van der Waals surface area contributed by atoms with Gasteiger partial charge in [0, 0.05) is 0 Å². The number of nitriles is 1. The van der Waals surface area contributed by atoms with E-state index in [4.69, 9.17) is 11.0 Å². The predicted molar refractivity (Wildman–Crippen MR) is 67.5 cm³/mol. The molecule has 0 saturated carbocycles. The van der Waals surface area contributed by atoms with E-state index >= 15 is 0 Å². The Morgan fingerprint density at radius 1 is 1.20 bits per heavy atom. The molecular formula is C13H7F2N5. The highest BCUT2D eigenvalue weighted by atomic mass is 19.1. The Morgan fingerprint density at radius 3 is 2.75 bits per heavy atom. The molecule has 7 heteroatoms. The Bertz CT molecular complexity index is 863. The monoisotopic (exact) mass is 271 g/mol. The zero-order chi connectivity index (χ0) is 14.3. The average Bonchev–Trinajstić information content (AvgIpc) is 2.86. The van der Waals surface area contributed by atoms with Crippen LogP contribution in [0.1, 0.15) is 5.69 Å². The second-order valence-electron chi connectivity index (χ2n) is 4.08. The number of nitrogens with two attached hydrogens (primary N) is 1. The van der Waals surface area contributed by atoms with E-state index in [2.05, 4.69) is 10.1 Å². The maximum atomic E-state index is 13.9. The number of nitrogens with zero attached hydrogens (tertiary/aromatic N) is 4. The molecule has 2 N–H and O–H groups in total. The smallest absolute Gasteiger partial charge is 0.167 e. The number of benzene rings is 1.